The topological polar surface area (TPSA) is 23.5 Å². The van der Waals surface area contributed by atoms with Crippen LogP contribution in [0, 0.1) is 0 Å². The van der Waals surface area contributed by atoms with E-state index < -0.39 is 0 Å². The van der Waals surface area contributed by atoms with E-state index in [0.29, 0.717) is 18.7 Å². The Morgan fingerprint density at radius 1 is 1.33 bits per heavy atom. The number of likely N-dealkylation sites (tertiary alicyclic amines) is 1. The molecule has 0 aromatic carbocycles. The van der Waals surface area contributed by atoms with Crippen LogP contribution < -0.4 is 0 Å². The van der Waals surface area contributed by atoms with Gasteiger partial charge >= 0.3 is 0 Å². The molecule has 0 unspecified atom stereocenters. The second-order valence-electron chi connectivity index (χ2n) is 4.84. The molecule has 1 aliphatic rings. The van der Waals surface area contributed by atoms with E-state index >= 15 is 0 Å². The first-order valence-electron chi connectivity index (χ1n) is 4.86. The minimum absolute atomic E-state index is 0.198. The Morgan fingerprint density at radius 3 is 2.25 bits per heavy atom. The van der Waals surface area contributed by atoms with Gasteiger partial charge in [-0.2, -0.15) is 0 Å². The van der Waals surface area contributed by atoms with Crippen molar-refractivity contribution >= 4 is 0 Å². The minimum Gasteiger partial charge on any atom is -0.395 e. The molecule has 2 heteroatoms. The van der Waals surface area contributed by atoms with E-state index in [0.717, 1.165) is 6.42 Å². The normalized spacial score (nSPS) is 32.8. The molecule has 72 valence electrons. The van der Waals surface area contributed by atoms with Crippen molar-refractivity contribution in [1.82, 2.24) is 4.90 Å². The van der Waals surface area contributed by atoms with Crippen molar-refractivity contribution < 1.29 is 5.11 Å². The number of hydrogen-bond donors (Lipinski definition) is 1. The SMILES string of the molecule is C[C@@H]1CC[C@H](CO)N1C(C)(C)C. The molecule has 0 amide bonds. The minimum atomic E-state index is 0.198. The van der Waals surface area contributed by atoms with E-state index in [9.17, 15) is 5.11 Å². The summed E-state index contributed by atoms with van der Waals surface area (Å²) in [4.78, 5) is 2.44. The van der Waals surface area contributed by atoms with Crippen LogP contribution >= 0.6 is 0 Å². The average Bonchev–Trinajstić information content (AvgIpc) is 2.29. The van der Waals surface area contributed by atoms with Gasteiger partial charge in [-0.05, 0) is 40.5 Å². The van der Waals surface area contributed by atoms with Crippen LogP contribution in [0.5, 0.6) is 0 Å². The largest absolute Gasteiger partial charge is 0.395 e. The first-order valence-corrected chi connectivity index (χ1v) is 4.86. The van der Waals surface area contributed by atoms with Crippen LogP contribution in [-0.4, -0.2) is 34.2 Å². The fourth-order valence-corrected chi connectivity index (χ4v) is 2.46. The van der Waals surface area contributed by atoms with Gasteiger partial charge in [-0.25, -0.2) is 0 Å². The number of rotatable bonds is 1. The third kappa shape index (κ3) is 1.80. The van der Waals surface area contributed by atoms with Crippen LogP contribution in [0.25, 0.3) is 0 Å². The average molecular weight is 171 g/mol. The molecule has 1 N–H and O–H groups in total. The van der Waals surface area contributed by atoms with Crippen LogP contribution in [0.15, 0.2) is 0 Å². The summed E-state index contributed by atoms with van der Waals surface area (Å²) in [5.74, 6) is 0. The van der Waals surface area contributed by atoms with Gasteiger partial charge in [0.05, 0.1) is 6.61 Å². The summed E-state index contributed by atoms with van der Waals surface area (Å²) in [6.45, 7) is 9.22. The molecule has 12 heavy (non-hydrogen) atoms. The fraction of sp³-hybridized carbons (Fsp3) is 1.00. The Kier molecular flexibility index (Phi) is 2.79. The molecular weight excluding hydrogens is 150 g/mol. The summed E-state index contributed by atoms with van der Waals surface area (Å²) in [6, 6.07) is 1.02. The predicted molar refractivity (Wildman–Crippen MR) is 51.2 cm³/mol. The van der Waals surface area contributed by atoms with Crippen molar-refractivity contribution in [2.24, 2.45) is 0 Å². The standard InChI is InChI=1S/C10H21NO/c1-8-5-6-9(7-12)11(8)10(2,3)4/h8-9,12H,5-7H2,1-4H3/t8-,9-/m1/s1. The Labute approximate surface area is 75.6 Å². The summed E-state index contributed by atoms with van der Waals surface area (Å²) in [6.07, 6.45) is 2.37. The van der Waals surface area contributed by atoms with Gasteiger partial charge in [0.1, 0.15) is 0 Å². The summed E-state index contributed by atoms with van der Waals surface area (Å²) in [7, 11) is 0. The monoisotopic (exact) mass is 171 g/mol. The first kappa shape index (κ1) is 10.0. The Hall–Kier alpha value is -0.0800. The highest BCUT2D eigenvalue weighted by Crippen LogP contribution is 2.30. The van der Waals surface area contributed by atoms with E-state index in [-0.39, 0.29) is 5.54 Å². The third-order valence-electron chi connectivity index (χ3n) is 2.77. The van der Waals surface area contributed by atoms with E-state index in [1.54, 1.807) is 0 Å². The number of aliphatic hydroxyl groups excluding tert-OH is 1. The second kappa shape index (κ2) is 3.35. The van der Waals surface area contributed by atoms with Crippen LogP contribution in [-0.2, 0) is 0 Å². The summed E-state index contributed by atoms with van der Waals surface area (Å²) < 4.78 is 0. The molecule has 0 bridgehead atoms. The van der Waals surface area contributed by atoms with Gasteiger partial charge in [-0.15, -0.1) is 0 Å². The quantitative estimate of drug-likeness (QED) is 0.648. The lowest BCUT2D eigenvalue weighted by atomic mass is 10.0. The van der Waals surface area contributed by atoms with Crippen LogP contribution in [0.2, 0.25) is 0 Å². The van der Waals surface area contributed by atoms with Gasteiger partial charge in [0, 0.05) is 17.6 Å². The maximum Gasteiger partial charge on any atom is 0.0587 e. The van der Waals surface area contributed by atoms with Gasteiger partial charge < -0.3 is 5.11 Å². The lowest BCUT2D eigenvalue weighted by Gasteiger charge is -2.39. The van der Waals surface area contributed by atoms with E-state index in [1.165, 1.54) is 6.42 Å². The van der Waals surface area contributed by atoms with Gasteiger partial charge in [-0.1, -0.05) is 0 Å². The maximum atomic E-state index is 9.18. The first-order chi connectivity index (χ1) is 5.46. The molecule has 2 atom stereocenters. The number of aliphatic hydroxyl groups is 1. The maximum absolute atomic E-state index is 9.18. The smallest absolute Gasteiger partial charge is 0.0587 e. The Balaban J connectivity index is 2.70. The van der Waals surface area contributed by atoms with Crippen molar-refractivity contribution in [3.8, 4) is 0 Å². The fourth-order valence-electron chi connectivity index (χ4n) is 2.46. The highest BCUT2D eigenvalue weighted by molar-refractivity contribution is 4.92. The molecule has 1 heterocycles. The predicted octanol–water partition coefficient (Wildman–Crippen LogP) is 1.63. The summed E-state index contributed by atoms with van der Waals surface area (Å²) >= 11 is 0. The van der Waals surface area contributed by atoms with Crippen LogP contribution in [0.1, 0.15) is 40.5 Å². The van der Waals surface area contributed by atoms with Crippen molar-refractivity contribution in [2.75, 3.05) is 6.61 Å². The third-order valence-corrected chi connectivity index (χ3v) is 2.77. The second-order valence-corrected chi connectivity index (χ2v) is 4.84. The van der Waals surface area contributed by atoms with Gasteiger partial charge in [0.15, 0.2) is 0 Å². The van der Waals surface area contributed by atoms with E-state index in [1.807, 2.05) is 0 Å². The molecule has 2 nitrogen and oxygen atoms in total. The molecule has 0 radical (unpaired) electrons. The van der Waals surface area contributed by atoms with Crippen LogP contribution in [0.4, 0.5) is 0 Å². The lowest BCUT2D eigenvalue weighted by molar-refractivity contribution is 0.0521. The van der Waals surface area contributed by atoms with E-state index in [4.69, 9.17) is 0 Å². The number of hydrogen-bond acceptors (Lipinski definition) is 2. The van der Waals surface area contributed by atoms with E-state index in [2.05, 4.69) is 32.6 Å². The molecule has 1 rings (SSSR count). The van der Waals surface area contributed by atoms with Crippen molar-refractivity contribution in [3.05, 3.63) is 0 Å². The van der Waals surface area contributed by atoms with Crippen molar-refractivity contribution in [2.45, 2.75) is 58.2 Å². The number of nitrogens with zero attached hydrogens (tertiary/aromatic N) is 1. The molecule has 0 aliphatic carbocycles. The zero-order chi connectivity index (χ0) is 9.35. The molecule has 1 fully saturated rings. The summed E-state index contributed by atoms with van der Waals surface area (Å²) in [5.41, 5.74) is 0.198. The molecule has 0 aromatic heterocycles. The van der Waals surface area contributed by atoms with Crippen molar-refractivity contribution in [3.63, 3.8) is 0 Å². The Morgan fingerprint density at radius 2 is 1.92 bits per heavy atom. The molecule has 0 saturated carbocycles. The van der Waals surface area contributed by atoms with Gasteiger partial charge in [-0.3, -0.25) is 4.90 Å². The zero-order valence-electron chi connectivity index (χ0n) is 8.67. The molecule has 1 aliphatic heterocycles. The van der Waals surface area contributed by atoms with Gasteiger partial charge in [0.2, 0.25) is 0 Å². The molecule has 0 spiro atoms. The van der Waals surface area contributed by atoms with Gasteiger partial charge in [0.25, 0.3) is 0 Å². The molecule has 1 saturated heterocycles. The highest BCUT2D eigenvalue weighted by atomic mass is 16.3. The molecule has 0 aromatic rings. The summed E-state index contributed by atoms with van der Waals surface area (Å²) in [5, 5.41) is 9.18. The Bertz CT molecular complexity index is 150. The highest BCUT2D eigenvalue weighted by Gasteiger charge is 2.36. The van der Waals surface area contributed by atoms with Crippen molar-refractivity contribution in [1.29, 1.82) is 0 Å². The van der Waals surface area contributed by atoms with Crippen LogP contribution in [0.3, 0.4) is 0 Å². The lowest BCUT2D eigenvalue weighted by Crippen LogP contribution is -2.49. The zero-order valence-corrected chi connectivity index (χ0v) is 8.67. The molecular formula is C10H21NO.